The minimum atomic E-state index is -3.66. The summed E-state index contributed by atoms with van der Waals surface area (Å²) in [7, 11) is -7.32. The first kappa shape index (κ1) is 26.4. The predicted octanol–water partition coefficient (Wildman–Crippen LogP) is 6.00. The van der Waals surface area contributed by atoms with Gasteiger partial charge in [0.15, 0.2) is 0 Å². The number of nitrogens with one attached hydrogen (secondary N) is 2. The average molecular weight is 535 g/mol. The second-order valence-corrected chi connectivity index (χ2v) is 12.1. The van der Waals surface area contributed by atoms with Gasteiger partial charge < -0.3 is 0 Å². The lowest BCUT2D eigenvalue weighted by Gasteiger charge is -2.11. The van der Waals surface area contributed by atoms with E-state index in [1.165, 1.54) is 0 Å². The van der Waals surface area contributed by atoms with E-state index in [1.807, 2.05) is 62.4 Å². The predicted molar refractivity (Wildman–Crippen MR) is 149 cm³/mol. The van der Waals surface area contributed by atoms with E-state index in [2.05, 4.69) is 9.44 Å². The largest absolute Gasteiger partial charge is 0.280 e. The van der Waals surface area contributed by atoms with Crippen LogP contribution in [0.4, 0.5) is 11.4 Å². The molecule has 0 atom stereocenters. The standard InChI is InChI=1S/C29H30N2O4S2/c1-3-22-9-17-28(18-10-22)36(32,33)30-26-13-5-24(6-14-26)21-25-7-15-27(16-8-25)31-37(34,35)29-19-11-23(4-2)12-20-29/h5-20,30-31H,3-4,21H2,1-2H3. The van der Waals surface area contributed by atoms with Crippen molar-refractivity contribution in [3.8, 4) is 0 Å². The van der Waals surface area contributed by atoms with E-state index in [1.54, 1.807) is 48.5 Å². The summed E-state index contributed by atoms with van der Waals surface area (Å²) in [5, 5.41) is 0. The first-order valence-electron chi connectivity index (χ1n) is 12.1. The molecule has 0 amide bonds. The van der Waals surface area contributed by atoms with E-state index in [-0.39, 0.29) is 9.79 Å². The molecule has 0 aliphatic heterocycles. The second kappa shape index (κ2) is 11.2. The number of rotatable bonds is 10. The van der Waals surface area contributed by atoms with Crippen LogP contribution in [0.2, 0.25) is 0 Å². The number of sulfonamides is 2. The third-order valence-electron chi connectivity index (χ3n) is 6.10. The van der Waals surface area contributed by atoms with Gasteiger partial charge in [0.2, 0.25) is 0 Å². The van der Waals surface area contributed by atoms with E-state index in [4.69, 9.17) is 0 Å². The third-order valence-corrected chi connectivity index (χ3v) is 8.90. The second-order valence-electron chi connectivity index (χ2n) is 8.78. The van der Waals surface area contributed by atoms with Crippen LogP contribution in [0.25, 0.3) is 0 Å². The Labute approximate surface area is 219 Å². The lowest BCUT2D eigenvalue weighted by atomic mass is 10.0. The quantitative estimate of drug-likeness (QED) is 0.261. The Morgan fingerprint density at radius 2 is 0.757 bits per heavy atom. The minimum Gasteiger partial charge on any atom is -0.280 e. The molecule has 4 aromatic rings. The molecule has 4 aromatic carbocycles. The fourth-order valence-electron chi connectivity index (χ4n) is 3.85. The molecule has 0 heterocycles. The van der Waals surface area contributed by atoms with Crippen LogP contribution in [0.1, 0.15) is 36.1 Å². The summed E-state index contributed by atoms with van der Waals surface area (Å²) >= 11 is 0. The van der Waals surface area contributed by atoms with Gasteiger partial charge in [-0.05, 0) is 90.0 Å². The molecule has 0 unspecified atom stereocenters. The molecule has 0 aliphatic carbocycles. The fourth-order valence-corrected chi connectivity index (χ4v) is 5.97. The molecule has 0 fully saturated rings. The van der Waals surface area contributed by atoms with Gasteiger partial charge in [0, 0.05) is 11.4 Å². The van der Waals surface area contributed by atoms with E-state index >= 15 is 0 Å². The maximum atomic E-state index is 12.7. The van der Waals surface area contributed by atoms with Crippen molar-refractivity contribution >= 4 is 31.4 Å². The van der Waals surface area contributed by atoms with E-state index in [0.717, 1.165) is 35.1 Å². The van der Waals surface area contributed by atoms with Crippen molar-refractivity contribution in [1.82, 2.24) is 0 Å². The minimum absolute atomic E-state index is 0.225. The topological polar surface area (TPSA) is 92.3 Å². The Kier molecular flexibility index (Phi) is 8.00. The van der Waals surface area contributed by atoms with Crippen molar-refractivity contribution in [3.05, 3.63) is 119 Å². The van der Waals surface area contributed by atoms with Crippen LogP contribution in [-0.4, -0.2) is 16.8 Å². The van der Waals surface area contributed by atoms with Crippen molar-refractivity contribution in [2.75, 3.05) is 9.44 Å². The van der Waals surface area contributed by atoms with Crippen LogP contribution < -0.4 is 9.44 Å². The van der Waals surface area contributed by atoms with Gasteiger partial charge in [-0.1, -0.05) is 62.4 Å². The molecule has 0 spiro atoms. The number of hydrogen-bond donors (Lipinski definition) is 2. The highest BCUT2D eigenvalue weighted by atomic mass is 32.2. The van der Waals surface area contributed by atoms with Crippen molar-refractivity contribution in [1.29, 1.82) is 0 Å². The number of benzene rings is 4. The molecule has 0 aromatic heterocycles. The van der Waals surface area contributed by atoms with Crippen molar-refractivity contribution in [3.63, 3.8) is 0 Å². The summed E-state index contributed by atoms with van der Waals surface area (Å²) in [6.07, 6.45) is 2.32. The summed E-state index contributed by atoms with van der Waals surface area (Å²) in [5.74, 6) is 0. The molecule has 6 nitrogen and oxygen atoms in total. The van der Waals surface area contributed by atoms with Gasteiger partial charge in [-0.3, -0.25) is 9.44 Å². The Balaban J connectivity index is 1.37. The van der Waals surface area contributed by atoms with Crippen molar-refractivity contribution < 1.29 is 16.8 Å². The Morgan fingerprint density at radius 1 is 0.459 bits per heavy atom. The van der Waals surface area contributed by atoms with Gasteiger partial charge >= 0.3 is 0 Å². The van der Waals surface area contributed by atoms with Gasteiger partial charge in [0.1, 0.15) is 0 Å². The van der Waals surface area contributed by atoms with E-state index < -0.39 is 20.0 Å². The highest BCUT2D eigenvalue weighted by molar-refractivity contribution is 7.93. The highest BCUT2D eigenvalue weighted by Gasteiger charge is 2.15. The highest BCUT2D eigenvalue weighted by Crippen LogP contribution is 2.21. The zero-order chi connectivity index (χ0) is 26.5. The number of aryl methyl sites for hydroxylation is 2. The van der Waals surface area contributed by atoms with Crippen LogP contribution in [-0.2, 0) is 39.3 Å². The molecule has 8 heteroatoms. The molecule has 0 bridgehead atoms. The van der Waals surface area contributed by atoms with E-state index in [0.29, 0.717) is 17.8 Å². The average Bonchev–Trinajstić information content (AvgIpc) is 2.90. The lowest BCUT2D eigenvalue weighted by molar-refractivity contribution is 0.599. The van der Waals surface area contributed by atoms with E-state index in [9.17, 15) is 16.8 Å². The van der Waals surface area contributed by atoms with Crippen LogP contribution in [0.5, 0.6) is 0 Å². The molecular formula is C29H30N2O4S2. The van der Waals surface area contributed by atoms with Crippen LogP contribution in [0.3, 0.4) is 0 Å². The van der Waals surface area contributed by atoms with Crippen molar-refractivity contribution in [2.45, 2.75) is 42.9 Å². The van der Waals surface area contributed by atoms with Crippen LogP contribution in [0, 0.1) is 0 Å². The van der Waals surface area contributed by atoms with Gasteiger partial charge in [-0.25, -0.2) is 16.8 Å². The Bertz CT molecular complexity index is 1420. The summed E-state index contributed by atoms with van der Waals surface area (Å²) in [5.41, 5.74) is 5.13. The molecule has 4 rings (SSSR count). The van der Waals surface area contributed by atoms with Gasteiger partial charge in [0.25, 0.3) is 20.0 Å². The summed E-state index contributed by atoms with van der Waals surface area (Å²) in [6, 6.07) is 28.1. The molecule has 0 saturated carbocycles. The molecule has 0 aliphatic rings. The molecule has 2 N–H and O–H groups in total. The molecule has 37 heavy (non-hydrogen) atoms. The first-order valence-corrected chi connectivity index (χ1v) is 15.1. The number of hydrogen-bond acceptors (Lipinski definition) is 4. The maximum absolute atomic E-state index is 12.7. The summed E-state index contributed by atoms with van der Waals surface area (Å²) in [6.45, 7) is 4.04. The fraction of sp³-hybridized carbons (Fsp3) is 0.172. The third kappa shape index (κ3) is 6.78. The zero-order valence-electron chi connectivity index (χ0n) is 20.8. The Hall–Kier alpha value is -3.62. The van der Waals surface area contributed by atoms with Crippen molar-refractivity contribution in [2.24, 2.45) is 0 Å². The summed E-state index contributed by atoms with van der Waals surface area (Å²) < 4.78 is 55.9. The van der Waals surface area contributed by atoms with Gasteiger partial charge in [-0.15, -0.1) is 0 Å². The smallest absolute Gasteiger partial charge is 0.261 e. The monoisotopic (exact) mass is 534 g/mol. The Morgan fingerprint density at radius 3 is 1.05 bits per heavy atom. The van der Waals surface area contributed by atoms with Gasteiger partial charge in [0.05, 0.1) is 9.79 Å². The van der Waals surface area contributed by atoms with Gasteiger partial charge in [-0.2, -0.15) is 0 Å². The van der Waals surface area contributed by atoms with Crippen LogP contribution in [0.15, 0.2) is 107 Å². The number of anilines is 2. The molecule has 192 valence electrons. The molecule has 0 saturated heterocycles. The lowest BCUT2D eigenvalue weighted by Crippen LogP contribution is -2.13. The molecular weight excluding hydrogens is 504 g/mol. The SMILES string of the molecule is CCc1ccc(S(=O)(=O)Nc2ccc(Cc3ccc(NS(=O)(=O)c4ccc(CC)cc4)cc3)cc2)cc1. The van der Waals surface area contributed by atoms with Crippen LogP contribution >= 0.6 is 0 Å². The normalized spacial score (nSPS) is 11.7. The maximum Gasteiger partial charge on any atom is 0.261 e. The summed E-state index contributed by atoms with van der Waals surface area (Å²) in [4.78, 5) is 0.449. The zero-order valence-corrected chi connectivity index (χ0v) is 22.4. The molecule has 0 radical (unpaired) electrons. The first-order chi connectivity index (χ1) is 17.7.